The van der Waals surface area contributed by atoms with E-state index in [2.05, 4.69) is 26.6 Å². The van der Waals surface area contributed by atoms with Crippen molar-refractivity contribution in [3.8, 4) is 0 Å². The molecule has 0 saturated carbocycles. The molecule has 2 aromatic heterocycles. The smallest absolute Gasteiger partial charge is 0.119 e. The third-order valence-corrected chi connectivity index (χ3v) is 2.29. The zero-order valence-corrected chi connectivity index (χ0v) is 9.08. The second kappa shape index (κ2) is 5.97. The van der Waals surface area contributed by atoms with Gasteiger partial charge < -0.3 is 9.88 Å². The molecular weight excluding hydrogens is 202 g/mol. The number of aromatic nitrogens is 4. The van der Waals surface area contributed by atoms with Crippen LogP contribution in [0.4, 0.5) is 0 Å². The van der Waals surface area contributed by atoms with Gasteiger partial charge in [-0.25, -0.2) is 0 Å². The summed E-state index contributed by atoms with van der Waals surface area (Å²) >= 11 is 0. The minimum Gasteiger partial charge on any atom is -0.320 e. The fourth-order valence-electron chi connectivity index (χ4n) is 1.46. The predicted molar refractivity (Wildman–Crippen MR) is 60.6 cm³/mol. The molecule has 0 fully saturated rings. The summed E-state index contributed by atoms with van der Waals surface area (Å²) in [6.07, 6.45) is 8.21. The summed E-state index contributed by atoms with van der Waals surface area (Å²) in [7, 11) is 0. The molecule has 0 radical (unpaired) electrons. The van der Waals surface area contributed by atoms with E-state index in [-0.39, 0.29) is 0 Å². The topological polar surface area (TPSA) is 55.6 Å². The summed E-state index contributed by atoms with van der Waals surface area (Å²) in [5.74, 6) is 0. The van der Waals surface area contributed by atoms with Crippen molar-refractivity contribution in [1.29, 1.82) is 0 Å². The Morgan fingerprint density at radius 3 is 2.88 bits per heavy atom. The third kappa shape index (κ3) is 3.43. The van der Waals surface area contributed by atoms with Gasteiger partial charge >= 0.3 is 0 Å². The fourth-order valence-corrected chi connectivity index (χ4v) is 1.46. The molecule has 0 atom stereocenters. The van der Waals surface area contributed by atoms with Crippen LogP contribution >= 0.6 is 0 Å². The number of nitrogens with one attached hydrogen (secondary N) is 1. The highest BCUT2D eigenvalue weighted by Gasteiger charge is 1.93. The largest absolute Gasteiger partial charge is 0.320 e. The summed E-state index contributed by atoms with van der Waals surface area (Å²) in [5.41, 5.74) is 1.21. The zero-order chi connectivity index (χ0) is 11.1. The molecule has 84 valence electrons. The van der Waals surface area contributed by atoms with E-state index in [0.717, 1.165) is 26.1 Å². The van der Waals surface area contributed by atoms with Gasteiger partial charge in [0.05, 0.1) is 0 Å². The standard InChI is InChI=1S/C11H15N5/c1-3-11(7-12-4-1)8-13-5-2-6-16-9-14-15-10-16/h1,3-4,7,9-10,13H,2,5-6,8H2. The first-order chi connectivity index (χ1) is 7.95. The highest BCUT2D eigenvalue weighted by atomic mass is 15.2. The Bertz CT molecular complexity index is 384. The van der Waals surface area contributed by atoms with Crippen LogP contribution in [0.1, 0.15) is 12.0 Å². The van der Waals surface area contributed by atoms with Crippen molar-refractivity contribution in [1.82, 2.24) is 25.1 Å². The maximum Gasteiger partial charge on any atom is 0.119 e. The molecule has 16 heavy (non-hydrogen) atoms. The van der Waals surface area contributed by atoms with Crippen molar-refractivity contribution in [2.24, 2.45) is 0 Å². The number of hydrogen-bond acceptors (Lipinski definition) is 4. The summed E-state index contributed by atoms with van der Waals surface area (Å²) in [5, 5.41) is 10.9. The minimum absolute atomic E-state index is 0.871. The Morgan fingerprint density at radius 1 is 1.25 bits per heavy atom. The van der Waals surface area contributed by atoms with Gasteiger partial charge in [-0.2, -0.15) is 0 Å². The van der Waals surface area contributed by atoms with E-state index < -0.39 is 0 Å². The maximum atomic E-state index is 4.06. The average Bonchev–Trinajstić information content (AvgIpc) is 2.83. The van der Waals surface area contributed by atoms with Gasteiger partial charge in [0, 0.05) is 25.5 Å². The van der Waals surface area contributed by atoms with Crippen LogP contribution in [0.3, 0.4) is 0 Å². The monoisotopic (exact) mass is 217 g/mol. The maximum absolute atomic E-state index is 4.06. The van der Waals surface area contributed by atoms with E-state index in [4.69, 9.17) is 0 Å². The van der Waals surface area contributed by atoms with Gasteiger partial charge in [0.1, 0.15) is 12.7 Å². The Labute approximate surface area is 94.5 Å². The van der Waals surface area contributed by atoms with Crippen LogP contribution in [0, 0.1) is 0 Å². The molecule has 1 N–H and O–H groups in total. The number of aryl methyl sites for hydroxylation is 1. The Balaban J connectivity index is 1.59. The molecular formula is C11H15N5. The molecule has 0 spiro atoms. The second-order valence-electron chi connectivity index (χ2n) is 3.59. The first-order valence-corrected chi connectivity index (χ1v) is 5.37. The van der Waals surface area contributed by atoms with Crippen molar-refractivity contribution >= 4 is 0 Å². The number of nitrogens with zero attached hydrogens (tertiary/aromatic N) is 4. The Kier molecular flexibility index (Phi) is 4.01. The highest BCUT2D eigenvalue weighted by Crippen LogP contribution is 1.94. The van der Waals surface area contributed by atoms with Crippen LogP contribution in [0.25, 0.3) is 0 Å². The van der Waals surface area contributed by atoms with Crippen molar-refractivity contribution in [2.45, 2.75) is 19.5 Å². The molecule has 2 heterocycles. The van der Waals surface area contributed by atoms with Crippen LogP contribution in [-0.2, 0) is 13.1 Å². The fraction of sp³-hybridized carbons (Fsp3) is 0.364. The number of rotatable bonds is 6. The van der Waals surface area contributed by atoms with Gasteiger partial charge in [-0.05, 0) is 24.6 Å². The summed E-state index contributed by atoms with van der Waals surface area (Å²) in [4.78, 5) is 4.06. The second-order valence-corrected chi connectivity index (χ2v) is 3.59. The predicted octanol–water partition coefficient (Wildman–Crippen LogP) is 0.853. The highest BCUT2D eigenvalue weighted by molar-refractivity contribution is 5.07. The van der Waals surface area contributed by atoms with Gasteiger partial charge in [0.25, 0.3) is 0 Å². The average molecular weight is 217 g/mol. The lowest BCUT2D eigenvalue weighted by atomic mass is 10.3. The SMILES string of the molecule is c1cncc(CNCCCn2cnnc2)c1. The zero-order valence-electron chi connectivity index (χ0n) is 9.08. The molecule has 5 nitrogen and oxygen atoms in total. The third-order valence-electron chi connectivity index (χ3n) is 2.29. The van der Waals surface area contributed by atoms with Crippen LogP contribution in [0.15, 0.2) is 37.2 Å². The van der Waals surface area contributed by atoms with Crippen LogP contribution < -0.4 is 5.32 Å². The van der Waals surface area contributed by atoms with E-state index in [9.17, 15) is 0 Å². The molecule has 5 heteroatoms. The minimum atomic E-state index is 0.871. The number of pyridine rings is 1. The molecule has 2 rings (SSSR count). The van der Waals surface area contributed by atoms with Gasteiger partial charge in [0.15, 0.2) is 0 Å². The van der Waals surface area contributed by atoms with Gasteiger partial charge in [-0.1, -0.05) is 6.07 Å². The van der Waals surface area contributed by atoms with Crippen molar-refractivity contribution in [3.63, 3.8) is 0 Å². The van der Waals surface area contributed by atoms with E-state index >= 15 is 0 Å². The van der Waals surface area contributed by atoms with E-state index in [1.165, 1.54) is 5.56 Å². The molecule has 0 aromatic carbocycles. The van der Waals surface area contributed by atoms with E-state index in [1.807, 2.05) is 16.8 Å². The summed E-state index contributed by atoms with van der Waals surface area (Å²) < 4.78 is 1.98. The number of hydrogen-bond donors (Lipinski definition) is 1. The molecule has 0 aliphatic carbocycles. The van der Waals surface area contributed by atoms with Crippen LogP contribution in [0.2, 0.25) is 0 Å². The molecule has 0 aliphatic heterocycles. The first kappa shape index (κ1) is 10.8. The van der Waals surface area contributed by atoms with Crippen molar-refractivity contribution in [2.75, 3.05) is 6.54 Å². The Hall–Kier alpha value is -1.75. The van der Waals surface area contributed by atoms with Gasteiger partial charge in [-0.3, -0.25) is 4.98 Å². The van der Waals surface area contributed by atoms with E-state index in [1.54, 1.807) is 18.9 Å². The van der Waals surface area contributed by atoms with Crippen molar-refractivity contribution < 1.29 is 0 Å². The normalized spacial score (nSPS) is 10.5. The van der Waals surface area contributed by atoms with Crippen LogP contribution in [-0.4, -0.2) is 26.3 Å². The molecule has 0 saturated heterocycles. The lowest BCUT2D eigenvalue weighted by molar-refractivity contribution is 0.579. The lowest BCUT2D eigenvalue weighted by Crippen LogP contribution is -2.16. The molecule has 0 bridgehead atoms. The first-order valence-electron chi connectivity index (χ1n) is 5.37. The van der Waals surface area contributed by atoms with E-state index in [0.29, 0.717) is 0 Å². The van der Waals surface area contributed by atoms with Gasteiger partial charge in [-0.15, -0.1) is 10.2 Å². The van der Waals surface area contributed by atoms with Gasteiger partial charge in [0.2, 0.25) is 0 Å². The summed E-state index contributed by atoms with van der Waals surface area (Å²) in [6.45, 7) is 2.80. The summed E-state index contributed by atoms with van der Waals surface area (Å²) in [6, 6.07) is 4.02. The lowest BCUT2D eigenvalue weighted by Gasteiger charge is -2.04. The molecule has 0 aliphatic rings. The molecule has 0 unspecified atom stereocenters. The van der Waals surface area contributed by atoms with Crippen LogP contribution in [0.5, 0.6) is 0 Å². The Morgan fingerprint density at radius 2 is 2.12 bits per heavy atom. The molecule has 0 amide bonds. The molecule has 2 aromatic rings. The van der Waals surface area contributed by atoms with Crippen molar-refractivity contribution in [3.05, 3.63) is 42.7 Å². The quantitative estimate of drug-likeness (QED) is 0.729.